The summed E-state index contributed by atoms with van der Waals surface area (Å²) in [4.78, 5) is 12.1. The second-order valence-corrected chi connectivity index (χ2v) is 5.31. The molecule has 1 aromatic carbocycles. The van der Waals surface area contributed by atoms with Crippen molar-refractivity contribution in [3.63, 3.8) is 0 Å². The first-order valence-corrected chi connectivity index (χ1v) is 6.47. The molecule has 1 aromatic rings. The number of rotatable bonds is 5. The Morgan fingerprint density at radius 1 is 1.50 bits per heavy atom. The highest BCUT2D eigenvalue weighted by molar-refractivity contribution is 5.82. The number of hydrogen-bond donors (Lipinski definition) is 1. The van der Waals surface area contributed by atoms with Gasteiger partial charge < -0.3 is 4.74 Å². The van der Waals surface area contributed by atoms with E-state index >= 15 is 0 Å². The van der Waals surface area contributed by atoms with Crippen LogP contribution in [-0.2, 0) is 15.1 Å². The van der Waals surface area contributed by atoms with Crippen molar-refractivity contribution in [3.8, 4) is 0 Å². The number of aryl methyl sites for hydroxylation is 1. The predicted octanol–water partition coefficient (Wildman–Crippen LogP) is 2.38. The molecule has 0 aliphatic heterocycles. The molecule has 0 spiro atoms. The van der Waals surface area contributed by atoms with Crippen LogP contribution in [0.2, 0.25) is 0 Å². The maximum absolute atomic E-state index is 12.1. The number of benzene rings is 1. The van der Waals surface area contributed by atoms with Gasteiger partial charge in [0.25, 0.3) is 0 Å². The van der Waals surface area contributed by atoms with E-state index < -0.39 is 5.54 Å². The standard InChI is InChI=1S/C15H21NO2/c1-11-5-4-6-13(9-11)15(2,14(17)18-3)16-10-12-7-8-12/h4-6,9,12,16H,7-8,10H2,1-3H3. The van der Waals surface area contributed by atoms with Gasteiger partial charge in [0.1, 0.15) is 5.54 Å². The fourth-order valence-electron chi connectivity index (χ4n) is 2.12. The van der Waals surface area contributed by atoms with Gasteiger partial charge in [0.05, 0.1) is 7.11 Å². The number of hydrogen-bond acceptors (Lipinski definition) is 3. The third-order valence-corrected chi connectivity index (χ3v) is 3.63. The third-order valence-electron chi connectivity index (χ3n) is 3.63. The molecular formula is C15H21NO2. The van der Waals surface area contributed by atoms with Crippen LogP contribution in [0, 0.1) is 12.8 Å². The Bertz CT molecular complexity index is 440. The lowest BCUT2D eigenvalue weighted by Crippen LogP contribution is -2.48. The second-order valence-electron chi connectivity index (χ2n) is 5.31. The maximum Gasteiger partial charge on any atom is 0.330 e. The molecule has 1 aliphatic carbocycles. The SMILES string of the molecule is COC(=O)C(C)(NCC1CC1)c1cccc(C)c1. The van der Waals surface area contributed by atoms with Gasteiger partial charge in [-0.2, -0.15) is 0 Å². The zero-order valence-electron chi connectivity index (χ0n) is 11.3. The molecule has 18 heavy (non-hydrogen) atoms. The normalized spacial score (nSPS) is 18.2. The van der Waals surface area contributed by atoms with E-state index in [1.165, 1.54) is 20.0 Å². The molecule has 1 fully saturated rings. The second kappa shape index (κ2) is 5.11. The fraction of sp³-hybridized carbons (Fsp3) is 0.533. The van der Waals surface area contributed by atoms with E-state index in [-0.39, 0.29) is 5.97 Å². The first-order chi connectivity index (χ1) is 8.56. The Balaban J connectivity index is 2.24. The smallest absolute Gasteiger partial charge is 0.330 e. The molecule has 0 aromatic heterocycles. The maximum atomic E-state index is 12.1. The highest BCUT2D eigenvalue weighted by Gasteiger charge is 2.37. The largest absolute Gasteiger partial charge is 0.467 e. The molecule has 1 saturated carbocycles. The Morgan fingerprint density at radius 3 is 2.78 bits per heavy atom. The van der Waals surface area contributed by atoms with Gasteiger partial charge in [-0.15, -0.1) is 0 Å². The monoisotopic (exact) mass is 247 g/mol. The summed E-state index contributed by atoms with van der Waals surface area (Å²) in [5, 5.41) is 3.38. The van der Waals surface area contributed by atoms with Gasteiger partial charge in [-0.05, 0) is 44.7 Å². The lowest BCUT2D eigenvalue weighted by Gasteiger charge is -2.29. The number of ether oxygens (including phenoxy) is 1. The molecule has 0 radical (unpaired) electrons. The first kappa shape index (κ1) is 13.1. The third kappa shape index (κ3) is 2.72. The van der Waals surface area contributed by atoms with Crippen LogP contribution in [0.1, 0.15) is 30.9 Å². The topological polar surface area (TPSA) is 38.3 Å². The van der Waals surface area contributed by atoms with Gasteiger partial charge in [0.2, 0.25) is 0 Å². The summed E-state index contributed by atoms with van der Waals surface area (Å²) in [6, 6.07) is 8.02. The Kier molecular flexibility index (Phi) is 3.71. The van der Waals surface area contributed by atoms with Gasteiger partial charge in [-0.3, -0.25) is 5.32 Å². The van der Waals surface area contributed by atoms with Gasteiger partial charge in [-0.25, -0.2) is 4.79 Å². The van der Waals surface area contributed by atoms with E-state index in [0.29, 0.717) is 0 Å². The molecule has 98 valence electrons. The molecule has 0 amide bonds. The molecule has 2 rings (SSSR count). The zero-order valence-corrected chi connectivity index (χ0v) is 11.3. The molecular weight excluding hydrogens is 226 g/mol. The number of nitrogens with one attached hydrogen (secondary N) is 1. The van der Waals surface area contributed by atoms with Crippen LogP contribution in [0.25, 0.3) is 0 Å². The summed E-state index contributed by atoms with van der Waals surface area (Å²) in [5.74, 6) is 0.493. The van der Waals surface area contributed by atoms with Crippen LogP contribution < -0.4 is 5.32 Å². The van der Waals surface area contributed by atoms with Crippen molar-refractivity contribution in [2.75, 3.05) is 13.7 Å². The lowest BCUT2D eigenvalue weighted by atomic mass is 9.90. The summed E-state index contributed by atoms with van der Waals surface area (Å²) < 4.78 is 4.96. The summed E-state index contributed by atoms with van der Waals surface area (Å²) in [5.41, 5.74) is 1.37. The average molecular weight is 247 g/mol. The summed E-state index contributed by atoms with van der Waals surface area (Å²) in [6.45, 7) is 4.80. The lowest BCUT2D eigenvalue weighted by molar-refractivity contribution is -0.148. The Hall–Kier alpha value is -1.35. The molecule has 1 atom stereocenters. The van der Waals surface area contributed by atoms with Gasteiger partial charge in [0.15, 0.2) is 0 Å². The molecule has 0 saturated heterocycles. The fourth-order valence-corrected chi connectivity index (χ4v) is 2.12. The molecule has 3 nitrogen and oxygen atoms in total. The van der Waals surface area contributed by atoms with Gasteiger partial charge in [0, 0.05) is 0 Å². The Labute approximate surface area is 109 Å². The van der Waals surface area contributed by atoms with Gasteiger partial charge in [-0.1, -0.05) is 29.8 Å². The quantitative estimate of drug-likeness (QED) is 0.812. The van der Waals surface area contributed by atoms with Crippen LogP contribution in [-0.4, -0.2) is 19.6 Å². The van der Waals surface area contributed by atoms with Crippen molar-refractivity contribution >= 4 is 5.97 Å². The average Bonchev–Trinajstić information content (AvgIpc) is 3.19. The van der Waals surface area contributed by atoms with Crippen molar-refractivity contribution in [2.24, 2.45) is 5.92 Å². The van der Waals surface area contributed by atoms with E-state index in [1.807, 2.05) is 38.1 Å². The van der Waals surface area contributed by atoms with Crippen LogP contribution in [0.4, 0.5) is 0 Å². The van der Waals surface area contributed by atoms with Crippen LogP contribution in [0.15, 0.2) is 24.3 Å². The van der Waals surface area contributed by atoms with E-state index in [9.17, 15) is 4.79 Å². The molecule has 0 heterocycles. The highest BCUT2D eigenvalue weighted by atomic mass is 16.5. The minimum atomic E-state index is -0.747. The van der Waals surface area contributed by atoms with Crippen LogP contribution >= 0.6 is 0 Å². The minimum absolute atomic E-state index is 0.228. The van der Waals surface area contributed by atoms with Crippen molar-refractivity contribution in [1.82, 2.24) is 5.32 Å². The number of carbonyl (C=O) groups excluding carboxylic acids is 1. The minimum Gasteiger partial charge on any atom is -0.467 e. The Morgan fingerprint density at radius 2 is 2.22 bits per heavy atom. The molecule has 3 heteroatoms. The van der Waals surface area contributed by atoms with Crippen molar-refractivity contribution < 1.29 is 9.53 Å². The summed E-state index contributed by atoms with van der Waals surface area (Å²) in [7, 11) is 1.44. The van der Waals surface area contributed by atoms with Crippen LogP contribution in [0.3, 0.4) is 0 Å². The molecule has 1 aliphatic rings. The van der Waals surface area contributed by atoms with Crippen LogP contribution in [0.5, 0.6) is 0 Å². The first-order valence-electron chi connectivity index (χ1n) is 6.47. The van der Waals surface area contributed by atoms with Gasteiger partial charge >= 0.3 is 5.97 Å². The van der Waals surface area contributed by atoms with Crippen molar-refractivity contribution in [3.05, 3.63) is 35.4 Å². The van der Waals surface area contributed by atoms with E-state index in [0.717, 1.165) is 23.6 Å². The summed E-state index contributed by atoms with van der Waals surface area (Å²) >= 11 is 0. The molecule has 0 bridgehead atoms. The number of esters is 1. The zero-order chi connectivity index (χ0) is 13.2. The highest BCUT2D eigenvalue weighted by Crippen LogP contribution is 2.30. The van der Waals surface area contributed by atoms with E-state index in [1.54, 1.807) is 0 Å². The predicted molar refractivity (Wildman–Crippen MR) is 71.3 cm³/mol. The molecule has 1 N–H and O–H groups in total. The van der Waals surface area contributed by atoms with Crippen molar-refractivity contribution in [1.29, 1.82) is 0 Å². The van der Waals surface area contributed by atoms with Crippen molar-refractivity contribution in [2.45, 2.75) is 32.2 Å². The van der Waals surface area contributed by atoms with E-state index in [4.69, 9.17) is 4.74 Å². The van der Waals surface area contributed by atoms with E-state index in [2.05, 4.69) is 5.32 Å². The summed E-state index contributed by atoms with van der Waals surface area (Å²) in [6.07, 6.45) is 2.52. The number of carbonyl (C=O) groups is 1. The molecule has 1 unspecified atom stereocenters. The number of methoxy groups -OCH3 is 1.